The average molecular weight is 353 g/mol. The van der Waals surface area contributed by atoms with Crippen LogP contribution in [0, 0.1) is 5.92 Å². The summed E-state index contributed by atoms with van der Waals surface area (Å²) in [4.78, 5) is 28.0. The van der Waals surface area contributed by atoms with Crippen LogP contribution >= 0.6 is 0 Å². The van der Waals surface area contributed by atoms with Crippen LogP contribution in [0.15, 0.2) is 30.6 Å². The van der Waals surface area contributed by atoms with E-state index in [1.54, 1.807) is 12.4 Å². The van der Waals surface area contributed by atoms with Crippen molar-refractivity contribution in [1.29, 1.82) is 0 Å². The summed E-state index contributed by atoms with van der Waals surface area (Å²) in [5.41, 5.74) is 1.89. The van der Waals surface area contributed by atoms with Gasteiger partial charge in [-0.05, 0) is 30.9 Å². The van der Waals surface area contributed by atoms with Gasteiger partial charge in [0.2, 0.25) is 5.91 Å². The van der Waals surface area contributed by atoms with Gasteiger partial charge in [-0.2, -0.15) is 0 Å². The number of nitrogens with one attached hydrogen (secondary N) is 1. The molecule has 0 radical (unpaired) electrons. The summed E-state index contributed by atoms with van der Waals surface area (Å²) in [6, 6.07) is 5.85. The minimum absolute atomic E-state index is 0.241. The van der Waals surface area contributed by atoms with E-state index >= 15 is 0 Å². The van der Waals surface area contributed by atoms with Crippen LogP contribution in [0.5, 0.6) is 0 Å². The second-order valence-electron chi connectivity index (χ2n) is 7.27. The molecule has 1 N–H and O–H groups in total. The zero-order valence-electron chi connectivity index (χ0n) is 15.8. The minimum atomic E-state index is 0.241. The average Bonchev–Trinajstić information content (AvgIpc) is 2.68. The molecule has 0 spiro atoms. The van der Waals surface area contributed by atoms with Crippen molar-refractivity contribution in [2.24, 2.45) is 5.92 Å². The molecule has 0 aliphatic carbocycles. The van der Waals surface area contributed by atoms with E-state index in [4.69, 9.17) is 4.98 Å². The molecule has 0 bridgehead atoms. The fourth-order valence-corrected chi connectivity index (χ4v) is 3.35. The van der Waals surface area contributed by atoms with Gasteiger partial charge >= 0.3 is 0 Å². The molecule has 3 heterocycles. The Bertz CT molecular complexity index is 747. The Labute approximate surface area is 155 Å². The number of hydrogen-bond acceptors (Lipinski definition) is 5. The van der Waals surface area contributed by atoms with E-state index in [1.165, 1.54) is 0 Å². The van der Waals surface area contributed by atoms with Crippen molar-refractivity contribution in [3.8, 4) is 11.4 Å². The number of aromatic nitrogens is 3. The molecule has 3 rings (SSSR count). The summed E-state index contributed by atoms with van der Waals surface area (Å²) in [6.45, 7) is 5.76. The lowest BCUT2D eigenvalue weighted by molar-refractivity contribution is -0.133. The van der Waals surface area contributed by atoms with E-state index in [2.05, 4.69) is 29.1 Å². The van der Waals surface area contributed by atoms with E-state index in [0.29, 0.717) is 18.2 Å². The first kappa shape index (κ1) is 18.3. The molecule has 0 aromatic carbocycles. The lowest BCUT2D eigenvalue weighted by atomic mass is 9.93. The van der Waals surface area contributed by atoms with Gasteiger partial charge in [-0.25, -0.2) is 9.97 Å². The first-order valence-corrected chi connectivity index (χ1v) is 9.31. The maximum atomic E-state index is 12.5. The summed E-state index contributed by atoms with van der Waals surface area (Å²) in [5.74, 6) is 2.34. The quantitative estimate of drug-likeness (QED) is 0.893. The van der Waals surface area contributed by atoms with Gasteiger partial charge in [0.25, 0.3) is 0 Å². The molecular formula is C20H27N5O. The smallest absolute Gasteiger partial charge is 0.222 e. The molecule has 1 saturated heterocycles. The van der Waals surface area contributed by atoms with Crippen LogP contribution in [-0.2, 0) is 4.79 Å². The maximum absolute atomic E-state index is 12.5. The minimum Gasteiger partial charge on any atom is -0.373 e. The van der Waals surface area contributed by atoms with E-state index < -0.39 is 0 Å². The predicted octanol–water partition coefficient (Wildman–Crippen LogP) is 3.33. The Hall–Kier alpha value is -2.50. The van der Waals surface area contributed by atoms with Crippen LogP contribution in [0.25, 0.3) is 11.4 Å². The maximum Gasteiger partial charge on any atom is 0.222 e. The molecule has 6 heteroatoms. The number of carbonyl (C=O) groups excluding carboxylic acids is 1. The fourth-order valence-electron chi connectivity index (χ4n) is 3.35. The second kappa shape index (κ2) is 8.25. The van der Waals surface area contributed by atoms with Gasteiger partial charge in [0.1, 0.15) is 5.82 Å². The van der Waals surface area contributed by atoms with Crippen molar-refractivity contribution >= 4 is 11.7 Å². The van der Waals surface area contributed by atoms with Crippen LogP contribution in [0.4, 0.5) is 5.82 Å². The number of pyridine rings is 1. The third kappa shape index (κ3) is 4.36. The highest BCUT2D eigenvalue weighted by molar-refractivity contribution is 5.76. The molecule has 2 aromatic heterocycles. The Morgan fingerprint density at radius 3 is 2.92 bits per heavy atom. The van der Waals surface area contributed by atoms with Crippen molar-refractivity contribution in [3.05, 3.63) is 36.3 Å². The lowest BCUT2D eigenvalue weighted by Crippen LogP contribution is -2.39. The monoisotopic (exact) mass is 353 g/mol. The van der Waals surface area contributed by atoms with Crippen LogP contribution < -0.4 is 5.32 Å². The van der Waals surface area contributed by atoms with Crippen LogP contribution in [0.1, 0.15) is 44.7 Å². The molecule has 6 nitrogen and oxygen atoms in total. The van der Waals surface area contributed by atoms with Crippen LogP contribution in [0.3, 0.4) is 0 Å². The highest BCUT2D eigenvalue weighted by atomic mass is 16.2. The van der Waals surface area contributed by atoms with Crippen molar-refractivity contribution in [2.45, 2.75) is 39.0 Å². The van der Waals surface area contributed by atoms with Gasteiger partial charge < -0.3 is 10.2 Å². The number of hydrogen-bond donors (Lipinski definition) is 1. The van der Waals surface area contributed by atoms with Gasteiger partial charge in [0.05, 0.1) is 5.69 Å². The van der Waals surface area contributed by atoms with E-state index in [-0.39, 0.29) is 11.8 Å². The number of likely N-dealkylation sites (tertiary alicyclic amines) is 1. The molecule has 138 valence electrons. The predicted molar refractivity (Wildman–Crippen MR) is 103 cm³/mol. The first-order chi connectivity index (χ1) is 12.6. The van der Waals surface area contributed by atoms with Gasteiger partial charge in [0.15, 0.2) is 5.82 Å². The summed E-state index contributed by atoms with van der Waals surface area (Å²) in [5, 5.41) is 3.12. The third-order valence-electron chi connectivity index (χ3n) is 4.70. The fraction of sp³-hybridized carbons (Fsp3) is 0.500. The van der Waals surface area contributed by atoms with Crippen molar-refractivity contribution < 1.29 is 4.79 Å². The van der Waals surface area contributed by atoms with Gasteiger partial charge in [-0.3, -0.25) is 9.78 Å². The van der Waals surface area contributed by atoms with Crippen molar-refractivity contribution in [2.75, 3.05) is 25.5 Å². The highest BCUT2D eigenvalue weighted by Gasteiger charge is 2.26. The summed E-state index contributed by atoms with van der Waals surface area (Å²) in [7, 11) is 1.86. The lowest BCUT2D eigenvalue weighted by Gasteiger charge is -2.33. The number of amides is 1. The molecule has 0 unspecified atom stereocenters. The van der Waals surface area contributed by atoms with Crippen LogP contribution in [0.2, 0.25) is 0 Å². The zero-order valence-corrected chi connectivity index (χ0v) is 15.8. The second-order valence-corrected chi connectivity index (χ2v) is 7.27. The van der Waals surface area contributed by atoms with Gasteiger partial charge in [0, 0.05) is 56.5 Å². The largest absolute Gasteiger partial charge is 0.373 e. The number of rotatable bonds is 5. The normalized spacial score (nSPS) is 17.4. The first-order valence-electron chi connectivity index (χ1n) is 9.31. The van der Waals surface area contributed by atoms with Gasteiger partial charge in [-0.15, -0.1) is 0 Å². The number of anilines is 1. The Kier molecular flexibility index (Phi) is 5.81. The number of carbonyl (C=O) groups is 1. The van der Waals surface area contributed by atoms with Gasteiger partial charge in [-0.1, -0.05) is 13.8 Å². The Morgan fingerprint density at radius 1 is 1.38 bits per heavy atom. The van der Waals surface area contributed by atoms with E-state index in [1.807, 2.05) is 30.1 Å². The topological polar surface area (TPSA) is 71.0 Å². The summed E-state index contributed by atoms with van der Waals surface area (Å²) < 4.78 is 0. The Morgan fingerprint density at radius 2 is 2.23 bits per heavy atom. The van der Waals surface area contributed by atoms with Crippen molar-refractivity contribution in [1.82, 2.24) is 19.9 Å². The molecular weight excluding hydrogens is 326 g/mol. The summed E-state index contributed by atoms with van der Waals surface area (Å²) in [6.07, 6.45) is 6.18. The molecule has 1 aliphatic rings. The molecule has 26 heavy (non-hydrogen) atoms. The zero-order chi connectivity index (χ0) is 18.5. The SMILES string of the molecule is CNc1cc([C@H]2CCCN(C(=O)CC(C)C)C2)nc(-c2cccnc2)n1. The highest BCUT2D eigenvalue weighted by Crippen LogP contribution is 2.29. The van der Waals surface area contributed by atoms with Crippen molar-refractivity contribution in [3.63, 3.8) is 0 Å². The molecule has 2 aromatic rings. The molecule has 1 atom stereocenters. The molecule has 1 aliphatic heterocycles. The summed E-state index contributed by atoms with van der Waals surface area (Å²) >= 11 is 0. The number of nitrogens with zero attached hydrogens (tertiary/aromatic N) is 4. The standard InChI is InChI=1S/C20H27N5O/c1-14(2)10-19(26)25-9-5-7-16(13-25)17-11-18(21-3)24-20(23-17)15-6-4-8-22-12-15/h4,6,8,11-12,14,16H,5,7,9-10,13H2,1-3H3,(H,21,23,24)/t16-/m0/s1. The Balaban J connectivity index is 1.85. The number of piperidine rings is 1. The molecule has 1 amide bonds. The van der Waals surface area contributed by atoms with E-state index in [9.17, 15) is 4.79 Å². The third-order valence-corrected chi connectivity index (χ3v) is 4.70. The van der Waals surface area contributed by atoms with Crippen LogP contribution in [-0.4, -0.2) is 45.9 Å². The van der Waals surface area contributed by atoms with E-state index in [0.717, 1.165) is 43.0 Å². The molecule has 0 saturated carbocycles. The molecule has 1 fully saturated rings.